The molecule has 1 saturated heterocycles. The van der Waals surface area contributed by atoms with Crippen molar-refractivity contribution in [2.24, 2.45) is 0 Å². The van der Waals surface area contributed by atoms with Gasteiger partial charge in [-0.05, 0) is 31.8 Å². The summed E-state index contributed by atoms with van der Waals surface area (Å²) < 4.78 is 10.5. The molecule has 25 heavy (non-hydrogen) atoms. The lowest BCUT2D eigenvalue weighted by atomic mass is 10.2. The van der Waals surface area contributed by atoms with Gasteiger partial charge in [0, 0.05) is 45.8 Å². The molecular weight excluding hydrogens is 320 g/mol. The second-order valence-electron chi connectivity index (χ2n) is 6.48. The van der Waals surface area contributed by atoms with Crippen molar-refractivity contribution < 1.29 is 14.3 Å². The van der Waals surface area contributed by atoms with Crippen LogP contribution in [0.5, 0.6) is 11.5 Å². The topological polar surface area (TPSA) is 57.3 Å². The monoisotopic (exact) mass is 350 g/mol. The Balaban J connectivity index is 1.77. The number of ether oxygens (including phenoxy) is 2. The molecule has 0 bridgehead atoms. The summed E-state index contributed by atoms with van der Waals surface area (Å²) in [5, 5.41) is 2.99. The number of likely N-dealkylation sites (N-methyl/N-ethyl adjacent to an activating group) is 1. The molecule has 0 saturated carbocycles. The van der Waals surface area contributed by atoms with E-state index in [9.17, 15) is 4.79 Å². The molecule has 7 nitrogen and oxygen atoms in total. The number of nitrogens with one attached hydrogen (secondary N) is 1. The van der Waals surface area contributed by atoms with Crippen LogP contribution in [0.15, 0.2) is 18.2 Å². The minimum absolute atomic E-state index is 0.0120. The zero-order chi connectivity index (χ0) is 18.2. The fourth-order valence-corrected chi connectivity index (χ4v) is 2.80. The van der Waals surface area contributed by atoms with Crippen molar-refractivity contribution in [3.8, 4) is 11.5 Å². The summed E-state index contributed by atoms with van der Waals surface area (Å²) >= 11 is 0. The van der Waals surface area contributed by atoms with Crippen molar-refractivity contribution in [1.29, 1.82) is 0 Å². The molecule has 1 N–H and O–H groups in total. The molecule has 1 aliphatic heterocycles. The van der Waals surface area contributed by atoms with E-state index >= 15 is 0 Å². The highest BCUT2D eigenvalue weighted by molar-refractivity contribution is 5.74. The van der Waals surface area contributed by atoms with E-state index in [4.69, 9.17) is 9.47 Å². The Bertz CT molecular complexity index is 557. The summed E-state index contributed by atoms with van der Waals surface area (Å²) in [6.45, 7) is 5.96. The molecule has 0 unspecified atom stereocenters. The Labute approximate surface area is 150 Å². The van der Waals surface area contributed by atoms with Crippen molar-refractivity contribution in [1.82, 2.24) is 20.0 Å². The molecule has 0 aromatic heterocycles. The largest absolute Gasteiger partial charge is 0.493 e. The van der Waals surface area contributed by atoms with Crippen LogP contribution in [0.2, 0.25) is 0 Å². The first-order valence-electron chi connectivity index (χ1n) is 8.64. The molecule has 0 atom stereocenters. The minimum Gasteiger partial charge on any atom is -0.493 e. The van der Waals surface area contributed by atoms with Gasteiger partial charge in [0.05, 0.1) is 14.2 Å². The molecular formula is C18H30N4O3. The van der Waals surface area contributed by atoms with E-state index in [2.05, 4.69) is 29.2 Å². The van der Waals surface area contributed by atoms with Crippen LogP contribution in [0.3, 0.4) is 0 Å². The van der Waals surface area contributed by atoms with E-state index in [0.29, 0.717) is 18.0 Å². The molecule has 2 amide bonds. The van der Waals surface area contributed by atoms with E-state index in [1.165, 1.54) is 0 Å². The number of carbonyl (C=O) groups is 1. The number of urea groups is 1. The van der Waals surface area contributed by atoms with Crippen LogP contribution in [0.25, 0.3) is 0 Å². The van der Waals surface area contributed by atoms with Gasteiger partial charge in [-0.25, -0.2) is 4.79 Å². The van der Waals surface area contributed by atoms with Gasteiger partial charge in [-0.3, -0.25) is 4.90 Å². The molecule has 0 radical (unpaired) electrons. The lowest BCUT2D eigenvalue weighted by Gasteiger charge is -2.35. The first kappa shape index (κ1) is 19.3. The SMILES string of the molecule is COc1ccc(CNC(=O)N2CCN(CCN(C)C)CC2)cc1OC. The molecule has 7 heteroatoms. The first-order valence-corrected chi connectivity index (χ1v) is 8.64. The second kappa shape index (κ2) is 9.48. The molecule has 1 aromatic rings. The van der Waals surface area contributed by atoms with Crippen LogP contribution in [0, 0.1) is 0 Å². The first-order chi connectivity index (χ1) is 12.0. The standard InChI is InChI=1S/C18H30N4O3/c1-20(2)7-8-21-9-11-22(12-10-21)18(23)19-14-15-5-6-16(24-3)17(13-15)25-4/h5-6,13H,7-12,14H2,1-4H3,(H,19,23). The number of rotatable bonds is 7. The third-order valence-corrected chi connectivity index (χ3v) is 4.41. The maximum atomic E-state index is 12.4. The molecule has 0 spiro atoms. The molecule has 1 fully saturated rings. The van der Waals surface area contributed by atoms with Crippen LogP contribution >= 0.6 is 0 Å². The van der Waals surface area contributed by atoms with E-state index in [-0.39, 0.29) is 6.03 Å². The number of benzene rings is 1. The summed E-state index contributed by atoms with van der Waals surface area (Å²) in [5.74, 6) is 1.36. The van der Waals surface area contributed by atoms with Crippen molar-refractivity contribution in [3.63, 3.8) is 0 Å². The Morgan fingerprint density at radius 3 is 2.40 bits per heavy atom. The fourth-order valence-electron chi connectivity index (χ4n) is 2.80. The Kier molecular flexibility index (Phi) is 7.33. The third kappa shape index (κ3) is 5.79. The predicted molar refractivity (Wildman–Crippen MR) is 98.3 cm³/mol. The quantitative estimate of drug-likeness (QED) is 0.798. The molecule has 2 rings (SSSR count). The average Bonchev–Trinajstić information content (AvgIpc) is 2.64. The lowest BCUT2D eigenvalue weighted by molar-refractivity contribution is 0.133. The van der Waals surface area contributed by atoms with Crippen molar-refractivity contribution in [3.05, 3.63) is 23.8 Å². The summed E-state index contributed by atoms with van der Waals surface area (Å²) in [4.78, 5) is 18.8. The van der Waals surface area contributed by atoms with Crippen molar-refractivity contribution >= 4 is 6.03 Å². The highest BCUT2D eigenvalue weighted by Crippen LogP contribution is 2.27. The van der Waals surface area contributed by atoms with Gasteiger partial charge in [0.25, 0.3) is 0 Å². The van der Waals surface area contributed by atoms with Crippen LogP contribution < -0.4 is 14.8 Å². The Hall–Kier alpha value is -1.99. The normalized spacial score (nSPS) is 15.3. The van der Waals surface area contributed by atoms with Gasteiger partial charge in [0.15, 0.2) is 11.5 Å². The highest BCUT2D eigenvalue weighted by atomic mass is 16.5. The van der Waals surface area contributed by atoms with Gasteiger partial charge >= 0.3 is 6.03 Å². The zero-order valence-electron chi connectivity index (χ0n) is 15.7. The summed E-state index contributed by atoms with van der Waals surface area (Å²) in [7, 11) is 7.38. The fraction of sp³-hybridized carbons (Fsp3) is 0.611. The number of nitrogens with zero attached hydrogens (tertiary/aromatic N) is 3. The molecule has 1 aliphatic rings. The summed E-state index contributed by atoms with van der Waals surface area (Å²) in [5.41, 5.74) is 0.982. The lowest BCUT2D eigenvalue weighted by Crippen LogP contribution is -2.52. The number of carbonyl (C=O) groups excluding carboxylic acids is 1. The summed E-state index contributed by atoms with van der Waals surface area (Å²) in [6, 6.07) is 5.66. The Morgan fingerprint density at radius 1 is 1.12 bits per heavy atom. The van der Waals surface area contributed by atoms with Gasteiger partial charge in [-0.1, -0.05) is 6.07 Å². The maximum absolute atomic E-state index is 12.4. The number of piperazine rings is 1. The molecule has 1 aromatic carbocycles. The molecule has 0 aliphatic carbocycles. The number of hydrogen-bond donors (Lipinski definition) is 1. The second-order valence-corrected chi connectivity index (χ2v) is 6.48. The van der Waals surface area contributed by atoms with Crippen LogP contribution in [0.4, 0.5) is 4.79 Å². The number of hydrogen-bond acceptors (Lipinski definition) is 5. The summed E-state index contributed by atoms with van der Waals surface area (Å²) in [6.07, 6.45) is 0. The Morgan fingerprint density at radius 2 is 1.80 bits per heavy atom. The predicted octanol–water partition coefficient (Wildman–Crippen LogP) is 1.09. The van der Waals surface area contributed by atoms with Gasteiger partial charge in [-0.2, -0.15) is 0 Å². The molecule has 140 valence electrons. The van der Waals surface area contributed by atoms with Crippen LogP contribution in [-0.2, 0) is 6.54 Å². The van der Waals surface area contributed by atoms with E-state index in [1.807, 2.05) is 23.1 Å². The van der Waals surface area contributed by atoms with Crippen molar-refractivity contribution in [2.75, 3.05) is 67.6 Å². The maximum Gasteiger partial charge on any atom is 0.317 e. The minimum atomic E-state index is -0.0120. The van der Waals surface area contributed by atoms with Crippen LogP contribution in [-0.4, -0.2) is 88.3 Å². The van der Waals surface area contributed by atoms with Gasteiger partial charge in [0.1, 0.15) is 0 Å². The van der Waals surface area contributed by atoms with E-state index in [0.717, 1.165) is 44.8 Å². The number of amides is 2. The highest BCUT2D eigenvalue weighted by Gasteiger charge is 2.20. The zero-order valence-corrected chi connectivity index (χ0v) is 15.7. The average molecular weight is 350 g/mol. The molecule has 1 heterocycles. The number of methoxy groups -OCH3 is 2. The van der Waals surface area contributed by atoms with Crippen LogP contribution in [0.1, 0.15) is 5.56 Å². The third-order valence-electron chi connectivity index (χ3n) is 4.41. The van der Waals surface area contributed by atoms with E-state index < -0.39 is 0 Å². The van der Waals surface area contributed by atoms with Crippen molar-refractivity contribution in [2.45, 2.75) is 6.54 Å². The van der Waals surface area contributed by atoms with E-state index in [1.54, 1.807) is 14.2 Å². The smallest absolute Gasteiger partial charge is 0.317 e. The van der Waals surface area contributed by atoms with Gasteiger partial charge in [0.2, 0.25) is 0 Å². The van der Waals surface area contributed by atoms with Gasteiger partial charge in [-0.15, -0.1) is 0 Å². The van der Waals surface area contributed by atoms with Gasteiger partial charge < -0.3 is 24.6 Å².